The van der Waals surface area contributed by atoms with Gasteiger partial charge in [-0.15, -0.1) is 0 Å². The molecule has 1 aliphatic carbocycles. The molecule has 1 heterocycles. The standard InChI is InChI=1S/C14H16N4/c15-13-8-12(17-14(16)18-13)11-6-4-10(5-7-11)9-2-1-3-9/h4-9H,1-3H2,(H4,15,16,17,18). The molecule has 0 amide bonds. The van der Waals surface area contributed by atoms with E-state index in [1.165, 1.54) is 24.8 Å². The van der Waals surface area contributed by atoms with Crippen molar-refractivity contribution in [3.63, 3.8) is 0 Å². The number of rotatable bonds is 2. The second-order valence-corrected chi connectivity index (χ2v) is 4.79. The van der Waals surface area contributed by atoms with E-state index in [1.807, 2.05) is 0 Å². The number of aromatic nitrogens is 2. The zero-order chi connectivity index (χ0) is 12.5. The molecule has 4 N–H and O–H groups in total. The summed E-state index contributed by atoms with van der Waals surface area (Å²) < 4.78 is 0. The predicted octanol–water partition coefficient (Wildman–Crippen LogP) is 2.58. The molecule has 18 heavy (non-hydrogen) atoms. The van der Waals surface area contributed by atoms with Crippen molar-refractivity contribution in [1.82, 2.24) is 9.97 Å². The number of anilines is 2. The summed E-state index contributed by atoms with van der Waals surface area (Å²) in [4.78, 5) is 8.07. The summed E-state index contributed by atoms with van der Waals surface area (Å²) in [6.45, 7) is 0. The van der Waals surface area contributed by atoms with Crippen molar-refractivity contribution in [2.45, 2.75) is 25.2 Å². The van der Waals surface area contributed by atoms with Crippen LogP contribution in [-0.4, -0.2) is 9.97 Å². The average Bonchev–Trinajstić information content (AvgIpc) is 2.26. The van der Waals surface area contributed by atoms with Crippen LogP contribution in [0.25, 0.3) is 11.3 Å². The van der Waals surface area contributed by atoms with Gasteiger partial charge in [0, 0.05) is 11.6 Å². The van der Waals surface area contributed by atoms with Gasteiger partial charge in [0.1, 0.15) is 5.82 Å². The van der Waals surface area contributed by atoms with Gasteiger partial charge in [-0.25, -0.2) is 4.98 Å². The second kappa shape index (κ2) is 4.29. The fraction of sp³-hybridized carbons (Fsp3) is 0.286. The Kier molecular flexibility index (Phi) is 2.63. The van der Waals surface area contributed by atoms with Crippen LogP contribution < -0.4 is 11.5 Å². The van der Waals surface area contributed by atoms with E-state index in [0.29, 0.717) is 5.82 Å². The number of nitrogens with zero attached hydrogens (tertiary/aromatic N) is 2. The molecule has 1 aliphatic rings. The van der Waals surface area contributed by atoms with Crippen LogP contribution in [0.15, 0.2) is 30.3 Å². The van der Waals surface area contributed by atoms with Crippen molar-refractivity contribution >= 4 is 11.8 Å². The quantitative estimate of drug-likeness (QED) is 0.845. The lowest BCUT2D eigenvalue weighted by atomic mass is 9.80. The number of benzene rings is 1. The van der Waals surface area contributed by atoms with Crippen LogP contribution in [0.1, 0.15) is 30.7 Å². The van der Waals surface area contributed by atoms with E-state index < -0.39 is 0 Å². The van der Waals surface area contributed by atoms with Gasteiger partial charge in [-0.05, 0) is 24.3 Å². The van der Waals surface area contributed by atoms with Crippen LogP contribution in [-0.2, 0) is 0 Å². The fourth-order valence-electron chi connectivity index (χ4n) is 2.30. The normalized spacial score (nSPS) is 15.3. The highest BCUT2D eigenvalue weighted by atomic mass is 15.0. The SMILES string of the molecule is Nc1cc(-c2ccc(C3CCC3)cc2)nc(N)n1. The van der Waals surface area contributed by atoms with Gasteiger partial charge in [-0.3, -0.25) is 0 Å². The highest BCUT2D eigenvalue weighted by Gasteiger charge is 2.19. The minimum atomic E-state index is 0.216. The van der Waals surface area contributed by atoms with Crippen molar-refractivity contribution in [3.8, 4) is 11.3 Å². The Balaban J connectivity index is 1.91. The van der Waals surface area contributed by atoms with Crippen molar-refractivity contribution in [2.24, 2.45) is 0 Å². The number of hydrogen-bond acceptors (Lipinski definition) is 4. The van der Waals surface area contributed by atoms with E-state index in [4.69, 9.17) is 11.5 Å². The molecule has 0 spiro atoms. The summed E-state index contributed by atoms with van der Waals surface area (Å²) >= 11 is 0. The summed E-state index contributed by atoms with van der Waals surface area (Å²) in [5.41, 5.74) is 14.5. The molecule has 0 bridgehead atoms. The van der Waals surface area contributed by atoms with Crippen LogP contribution in [0.5, 0.6) is 0 Å². The highest BCUT2D eigenvalue weighted by molar-refractivity contribution is 5.63. The minimum absolute atomic E-state index is 0.216. The molecule has 4 nitrogen and oxygen atoms in total. The van der Waals surface area contributed by atoms with Crippen LogP contribution in [0, 0.1) is 0 Å². The molecule has 2 aromatic rings. The van der Waals surface area contributed by atoms with Gasteiger partial charge in [0.25, 0.3) is 0 Å². The first kappa shape index (κ1) is 11.0. The maximum atomic E-state index is 5.67. The average molecular weight is 240 g/mol. The van der Waals surface area contributed by atoms with E-state index >= 15 is 0 Å². The molecule has 4 heteroatoms. The maximum absolute atomic E-state index is 5.67. The Morgan fingerprint density at radius 3 is 2.28 bits per heavy atom. The smallest absolute Gasteiger partial charge is 0.222 e. The summed E-state index contributed by atoms with van der Waals surface area (Å²) in [5, 5.41) is 0. The summed E-state index contributed by atoms with van der Waals surface area (Å²) in [7, 11) is 0. The molecule has 0 radical (unpaired) electrons. The summed E-state index contributed by atoms with van der Waals surface area (Å²) in [6, 6.07) is 10.2. The molecule has 0 atom stereocenters. The highest BCUT2D eigenvalue weighted by Crippen LogP contribution is 2.36. The monoisotopic (exact) mass is 240 g/mol. The minimum Gasteiger partial charge on any atom is -0.384 e. The van der Waals surface area contributed by atoms with E-state index in [-0.39, 0.29) is 5.95 Å². The maximum Gasteiger partial charge on any atom is 0.222 e. The molecule has 1 fully saturated rings. The molecule has 0 aliphatic heterocycles. The molecule has 0 unspecified atom stereocenters. The van der Waals surface area contributed by atoms with E-state index in [1.54, 1.807) is 6.07 Å². The lowest BCUT2D eigenvalue weighted by molar-refractivity contribution is 0.420. The third-order valence-electron chi connectivity index (χ3n) is 3.55. The Morgan fingerprint density at radius 2 is 1.72 bits per heavy atom. The van der Waals surface area contributed by atoms with Crippen LogP contribution in [0.4, 0.5) is 11.8 Å². The van der Waals surface area contributed by atoms with Crippen LogP contribution in [0.2, 0.25) is 0 Å². The van der Waals surface area contributed by atoms with Gasteiger partial charge in [-0.1, -0.05) is 30.7 Å². The number of nitrogen functional groups attached to an aromatic ring is 2. The van der Waals surface area contributed by atoms with E-state index in [9.17, 15) is 0 Å². The Labute approximate surface area is 106 Å². The van der Waals surface area contributed by atoms with Gasteiger partial charge in [0.05, 0.1) is 5.69 Å². The summed E-state index contributed by atoms with van der Waals surface area (Å²) in [5.74, 6) is 1.37. The first-order chi connectivity index (χ1) is 8.72. The van der Waals surface area contributed by atoms with Crippen molar-refractivity contribution in [2.75, 3.05) is 11.5 Å². The zero-order valence-electron chi connectivity index (χ0n) is 10.1. The van der Waals surface area contributed by atoms with Gasteiger partial charge >= 0.3 is 0 Å². The van der Waals surface area contributed by atoms with Crippen molar-refractivity contribution < 1.29 is 0 Å². The third-order valence-corrected chi connectivity index (χ3v) is 3.55. The van der Waals surface area contributed by atoms with Gasteiger partial charge < -0.3 is 11.5 Å². The molecule has 1 aromatic carbocycles. The topological polar surface area (TPSA) is 77.8 Å². The molecule has 1 saturated carbocycles. The largest absolute Gasteiger partial charge is 0.384 e. The van der Waals surface area contributed by atoms with Crippen molar-refractivity contribution in [3.05, 3.63) is 35.9 Å². The molecule has 3 rings (SSSR count). The van der Waals surface area contributed by atoms with Gasteiger partial charge in [-0.2, -0.15) is 4.98 Å². The molecular weight excluding hydrogens is 224 g/mol. The summed E-state index contributed by atoms with van der Waals surface area (Å²) in [6.07, 6.45) is 3.98. The molecule has 1 aromatic heterocycles. The van der Waals surface area contributed by atoms with Crippen LogP contribution in [0.3, 0.4) is 0 Å². The van der Waals surface area contributed by atoms with Crippen LogP contribution >= 0.6 is 0 Å². The molecular formula is C14H16N4. The predicted molar refractivity (Wildman–Crippen MR) is 72.9 cm³/mol. The van der Waals surface area contributed by atoms with E-state index in [2.05, 4.69) is 34.2 Å². The third kappa shape index (κ3) is 2.01. The Bertz CT molecular complexity index is 538. The number of nitrogens with two attached hydrogens (primary N) is 2. The lowest BCUT2D eigenvalue weighted by Gasteiger charge is -2.25. The fourth-order valence-corrected chi connectivity index (χ4v) is 2.30. The number of hydrogen-bond donors (Lipinski definition) is 2. The zero-order valence-corrected chi connectivity index (χ0v) is 10.1. The van der Waals surface area contributed by atoms with E-state index in [0.717, 1.165) is 17.2 Å². The van der Waals surface area contributed by atoms with Gasteiger partial charge in [0.2, 0.25) is 5.95 Å². The molecule has 92 valence electrons. The molecule has 0 saturated heterocycles. The van der Waals surface area contributed by atoms with Gasteiger partial charge in [0.15, 0.2) is 0 Å². The van der Waals surface area contributed by atoms with Crippen molar-refractivity contribution in [1.29, 1.82) is 0 Å². The first-order valence-corrected chi connectivity index (χ1v) is 6.23. The second-order valence-electron chi connectivity index (χ2n) is 4.79. The first-order valence-electron chi connectivity index (χ1n) is 6.23. The Hall–Kier alpha value is -2.10. The lowest BCUT2D eigenvalue weighted by Crippen LogP contribution is -2.08. The Morgan fingerprint density at radius 1 is 1.00 bits per heavy atom.